The molecule has 0 amide bonds. The van der Waals surface area contributed by atoms with E-state index in [1.165, 1.54) is 57.8 Å². The Labute approximate surface area is 302 Å². The van der Waals surface area contributed by atoms with Crippen LogP contribution in [0.1, 0.15) is 90.4 Å². The molecular formula is C28H52NaO18S. The Morgan fingerprint density at radius 3 is 1.31 bits per heavy atom. The molecule has 0 aliphatic heterocycles. The molecule has 8 N–H and O–H groups in total. The molecule has 1 radical (unpaired) electrons. The van der Waals surface area contributed by atoms with Crippen LogP contribution in [0.5, 0.6) is 0 Å². The molecule has 0 fully saturated rings. The maximum atomic E-state index is 11.7. The van der Waals surface area contributed by atoms with Crippen molar-refractivity contribution >= 4 is 69.5 Å². The van der Waals surface area contributed by atoms with Crippen molar-refractivity contribution in [3.63, 3.8) is 0 Å². The van der Waals surface area contributed by atoms with Crippen LogP contribution in [0.15, 0.2) is 0 Å². The second-order valence-corrected chi connectivity index (χ2v) is 11.6. The zero-order valence-corrected chi connectivity index (χ0v) is 30.6. The summed E-state index contributed by atoms with van der Waals surface area (Å²) in [6, 6.07) is 0. The number of carbonyl (C=O) groups is 5. The van der Waals surface area contributed by atoms with E-state index in [-0.39, 0.29) is 42.8 Å². The molecule has 0 aliphatic rings. The fraction of sp³-hybridized carbons (Fsp3) is 0.821. The van der Waals surface area contributed by atoms with Crippen molar-refractivity contribution in [2.45, 2.75) is 101 Å². The summed E-state index contributed by atoms with van der Waals surface area (Å²) in [5.41, 5.74) is -2.53. The molecule has 0 saturated heterocycles. The van der Waals surface area contributed by atoms with Gasteiger partial charge in [0.25, 0.3) is 10.1 Å². The number of carbonyl (C=O) groups excluding carboxylic acids is 3. The summed E-state index contributed by atoms with van der Waals surface area (Å²) in [5.74, 6) is -6.87. The number of aliphatic carboxylic acids is 2. The zero-order valence-electron chi connectivity index (χ0n) is 27.8. The topological polar surface area (TPSA) is 309 Å². The molecule has 0 aromatic heterocycles. The molecule has 1 atom stereocenters. The van der Waals surface area contributed by atoms with E-state index in [0.29, 0.717) is 6.61 Å². The van der Waals surface area contributed by atoms with E-state index in [0.717, 1.165) is 6.42 Å². The van der Waals surface area contributed by atoms with E-state index < -0.39 is 96.5 Å². The first kappa shape index (κ1) is 52.9. The van der Waals surface area contributed by atoms with Gasteiger partial charge in [-0.2, -0.15) is 8.42 Å². The van der Waals surface area contributed by atoms with Crippen LogP contribution in [0.4, 0.5) is 0 Å². The first-order chi connectivity index (χ1) is 22.1. The van der Waals surface area contributed by atoms with Crippen molar-refractivity contribution < 1.29 is 86.9 Å². The molecule has 1 unspecified atom stereocenters. The Morgan fingerprint density at radius 2 is 1.02 bits per heavy atom. The van der Waals surface area contributed by atoms with Gasteiger partial charge in [0.1, 0.15) is 19.8 Å². The van der Waals surface area contributed by atoms with Gasteiger partial charge < -0.3 is 50.0 Å². The van der Waals surface area contributed by atoms with Gasteiger partial charge in [-0.25, -0.2) is 4.79 Å². The molecule has 279 valence electrons. The van der Waals surface area contributed by atoms with E-state index in [1.807, 2.05) is 0 Å². The number of carboxylic acid groups (broad SMARTS) is 2. The number of ether oxygens (including phenoxy) is 3. The summed E-state index contributed by atoms with van der Waals surface area (Å²) < 4.78 is 42.2. The minimum Gasteiger partial charge on any atom is -0.481 e. The van der Waals surface area contributed by atoms with Crippen LogP contribution in [0.3, 0.4) is 0 Å². The summed E-state index contributed by atoms with van der Waals surface area (Å²) >= 11 is 0. The van der Waals surface area contributed by atoms with Gasteiger partial charge in [0.2, 0.25) is 0 Å². The van der Waals surface area contributed by atoms with Crippen LogP contribution in [0, 0.1) is 0 Å². The average molecular weight is 732 g/mol. The van der Waals surface area contributed by atoms with Gasteiger partial charge in [-0.15, -0.1) is 0 Å². The summed E-state index contributed by atoms with van der Waals surface area (Å²) in [4.78, 5) is 54.6. The van der Waals surface area contributed by atoms with E-state index in [4.69, 9.17) is 35.2 Å². The van der Waals surface area contributed by atoms with Crippen LogP contribution in [-0.4, -0.2) is 165 Å². The van der Waals surface area contributed by atoms with Gasteiger partial charge in [0, 0.05) is 36.2 Å². The number of rotatable bonds is 25. The van der Waals surface area contributed by atoms with Gasteiger partial charge >= 0.3 is 29.8 Å². The van der Waals surface area contributed by atoms with Crippen molar-refractivity contribution in [1.82, 2.24) is 0 Å². The van der Waals surface area contributed by atoms with Gasteiger partial charge in [-0.1, -0.05) is 64.7 Å². The summed E-state index contributed by atoms with van der Waals surface area (Å²) in [6.07, 6.45) is 10.4. The molecular weight excluding hydrogens is 679 g/mol. The molecule has 48 heavy (non-hydrogen) atoms. The Morgan fingerprint density at radius 1 is 0.646 bits per heavy atom. The third-order valence-electron chi connectivity index (χ3n) is 5.79. The van der Waals surface area contributed by atoms with Crippen LogP contribution in [0.25, 0.3) is 0 Å². The first-order valence-corrected chi connectivity index (χ1v) is 16.6. The van der Waals surface area contributed by atoms with Crippen molar-refractivity contribution in [1.29, 1.82) is 0 Å². The van der Waals surface area contributed by atoms with Crippen LogP contribution in [0.2, 0.25) is 0 Å². The number of hydrogen-bond donors (Lipinski definition) is 8. The maximum absolute atomic E-state index is 11.7. The monoisotopic (exact) mass is 731 g/mol. The second kappa shape index (κ2) is 33.6. The number of aliphatic hydroxyl groups is 5. The van der Waals surface area contributed by atoms with E-state index in [1.54, 1.807) is 0 Å². The van der Waals surface area contributed by atoms with Crippen molar-refractivity contribution in [2.24, 2.45) is 0 Å². The third-order valence-corrected chi connectivity index (χ3v) is 6.88. The number of esters is 3. The summed E-state index contributed by atoms with van der Waals surface area (Å²) in [7, 11) is -4.84. The Bertz CT molecular complexity index is 943. The number of unbranched alkanes of at least 4 members (excludes halogenated alkanes) is 9. The van der Waals surface area contributed by atoms with E-state index in [9.17, 15) is 37.5 Å². The number of hydrogen-bond acceptors (Lipinski definition) is 15. The Balaban J connectivity index is -0.000000320. The Hall–Kier alpha value is -1.94. The Kier molecular flexibility index (Phi) is 37.0. The SMILES string of the molecule is CCCCCCCCCCCCO.O=C(CC(O)(CC(=O)OCCO)C(=O)OCCO)OCCO.O=C(O)CC(C(=O)O)S(=O)(=O)O.[Na]. The molecule has 0 saturated carbocycles. The molecule has 0 spiro atoms. The quantitative estimate of drug-likeness (QED) is 0.0191. The minimum atomic E-state index is -4.84. The van der Waals surface area contributed by atoms with Crippen molar-refractivity contribution in [3.8, 4) is 0 Å². The normalized spacial score (nSPS) is 11.3. The third kappa shape index (κ3) is 32.6. The van der Waals surface area contributed by atoms with Gasteiger partial charge in [0.05, 0.1) is 39.1 Å². The average Bonchev–Trinajstić information content (AvgIpc) is 2.99. The molecule has 0 rings (SSSR count). The fourth-order valence-electron chi connectivity index (χ4n) is 3.46. The van der Waals surface area contributed by atoms with E-state index in [2.05, 4.69) is 21.1 Å². The standard InChI is InChI=1S/C12H20O10.C12H26O.C4H6O7S.Na/c13-1-4-20-9(16)7-12(19,11(18)22-6-3-15)8-10(17)21-5-2-14;1-2-3-4-5-6-7-8-9-10-11-12-13;5-3(6)1-2(4(7)8)12(9,10)11;/h13-15,19H,1-8H2;13H,2-12H2,1H3;2H,1H2,(H,5,6)(H,7,8)(H,9,10,11);. The number of carboxylic acids is 2. The van der Waals surface area contributed by atoms with Gasteiger partial charge in [0.15, 0.2) is 10.9 Å². The van der Waals surface area contributed by atoms with E-state index >= 15 is 0 Å². The number of aliphatic hydroxyl groups excluding tert-OH is 4. The molecule has 0 aromatic rings. The van der Waals surface area contributed by atoms with Crippen LogP contribution in [-0.2, 0) is 48.3 Å². The molecule has 0 aliphatic carbocycles. The van der Waals surface area contributed by atoms with Crippen LogP contribution >= 0.6 is 0 Å². The predicted molar refractivity (Wildman–Crippen MR) is 168 cm³/mol. The van der Waals surface area contributed by atoms with Gasteiger partial charge in [-0.3, -0.25) is 23.7 Å². The fourth-order valence-corrected chi connectivity index (χ4v) is 4.06. The molecule has 0 bridgehead atoms. The van der Waals surface area contributed by atoms with Gasteiger partial charge in [-0.05, 0) is 6.42 Å². The molecule has 20 heteroatoms. The maximum Gasteiger partial charge on any atom is 0.339 e. The first-order valence-electron chi connectivity index (χ1n) is 15.1. The molecule has 0 heterocycles. The molecule has 0 aromatic carbocycles. The second-order valence-electron chi connectivity index (χ2n) is 9.98. The molecule has 18 nitrogen and oxygen atoms in total. The van der Waals surface area contributed by atoms with Crippen LogP contribution < -0.4 is 0 Å². The minimum absolute atomic E-state index is 0. The summed E-state index contributed by atoms with van der Waals surface area (Å²) in [5, 5.41) is 58.3. The smallest absolute Gasteiger partial charge is 0.339 e. The van der Waals surface area contributed by atoms with Crippen molar-refractivity contribution in [2.75, 3.05) is 46.2 Å². The predicted octanol–water partition coefficient (Wildman–Crippen LogP) is -0.575. The largest absolute Gasteiger partial charge is 0.481 e. The summed E-state index contributed by atoms with van der Waals surface area (Å²) in [6.45, 7) is 0.121. The van der Waals surface area contributed by atoms with Crippen molar-refractivity contribution in [3.05, 3.63) is 0 Å². The zero-order chi connectivity index (χ0) is 36.7.